The third-order valence-corrected chi connectivity index (χ3v) is 2.77. The Labute approximate surface area is 126 Å². The van der Waals surface area contributed by atoms with Gasteiger partial charge in [0, 0.05) is 17.8 Å². The van der Waals surface area contributed by atoms with Crippen molar-refractivity contribution in [2.24, 2.45) is 0 Å². The highest BCUT2D eigenvalue weighted by Crippen LogP contribution is 2.39. The molecular weight excluding hydrogens is 328 g/mol. The second-order valence-electron chi connectivity index (χ2n) is 4.35. The van der Waals surface area contributed by atoms with Gasteiger partial charge in [0.2, 0.25) is 5.88 Å². The molecule has 0 saturated carbocycles. The molecule has 0 radical (unpaired) electrons. The van der Waals surface area contributed by atoms with E-state index in [0.29, 0.717) is 6.20 Å². The molecule has 0 spiro atoms. The van der Waals surface area contributed by atoms with Gasteiger partial charge in [-0.2, -0.15) is 13.2 Å². The maximum Gasteiger partial charge on any atom is 0.573 e. The Kier molecular flexibility index (Phi) is 4.39. The smallest absolute Gasteiger partial charge is 0.481 e. The van der Waals surface area contributed by atoms with E-state index in [0.717, 1.165) is 24.3 Å². The van der Waals surface area contributed by atoms with Crippen LogP contribution in [0.15, 0.2) is 36.5 Å². The summed E-state index contributed by atoms with van der Waals surface area (Å²) in [6.45, 7) is 0. The molecule has 2 aromatic rings. The van der Waals surface area contributed by atoms with E-state index in [1.165, 1.54) is 13.2 Å². The first-order chi connectivity index (χ1) is 10.6. The van der Waals surface area contributed by atoms with Crippen molar-refractivity contribution in [3.05, 3.63) is 42.1 Å². The number of hydrogen-bond donors (Lipinski definition) is 0. The second kappa shape index (κ2) is 5.98. The van der Waals surface area contributed by atoms with Gasteiger partial charge in [0.1, 0.15) is 5.75 Å². The molecule has 0 aliphatic carbocycles. The lowest BCUT2D eigenvalue weighted by Crippen LogP contribution is -2.17. The number of hydrogen-bond acceptors (Lipinski definition) is 3. The standard InChI is InChI=1S/C14H9F6NO2/c1-22-12-6-10(11(7-21-12)13(15,16)17)8-3-2-4-9(5-8)23-14(18,19)20/h2-7H,1H3. The van der Waals surface area contributed by atoms with E-state index in [1.54, 1.807) is 0 Å². The molecule has 0 unspecified atom stereocenters. The average Bonchev–Trinajstić information content (AvgIpc) is 2.44. The van der Waals surface area contributed by atoms with Gasteiger partial charge < -0.3 is 9.47 Å². The van der Waals surface area contributed by atoms with Gasteiger partial charge in [-0.25, -0.2) is 4.98 Å². The molecule has 0 aliphatic heterocycles. The molecular formula is C14H9F6NO2. The molecule has 0 aliphatic rings. The quantitative estimate of drug-likeness (QED) is 0.763. The topological polar surface area (TPSA) is 31.4 Å². The zero-order valence-corrected chi connectivity index (χ0v) is 11.5. The molecule has 0 amide bonds. The summed E-state index contributed by atoms with van der Waals surface area (Å²) in [6.07, 6.45) is -9.11. The van der Waals surface area contributed by atoms with Gasteiger partial charge in [-0.05, 0) is 17.7 Å². The van der Waals surface area contributed by atoms with Crippen molar-refractivity contribution in [2.75, 3.05) is 7.11 Å². The van der Waals surface area contributed by atoms with Crippen LogP contribution in [0.2, 0.25) is 0 Å². The van der Waals surface area contributed by atoms with Crippen LogP contribution in [0.25, 0.3) is 11.1 Å². The van der Waals surface area contributed by atoms with Gasteiger partial charge in [-0.3, -0.25) is 0 Å². The summed E-state index contributed by atoms with van der Waals surface area (Å²) < 4.78 is 84.3. The van der Waals surface area contributed by atoms with Crippen molar-refractivity contribution in [3.8, 4) is 22.8 Å². The number of alkyl halides is 6. The predicted molar refractivity (Wildman–Crippen MR) is 67.9 cm³/mol. The molecule has 0 bridgehead atoms. The number of methoxy groups -OCH3 is 1. The SMILES string of the molecule is COc1cc(-c2cccc(OC(F)(F)F)c2)c(C(F)(F)F)cn1. The van der Waals surface area contributed by atoms with Crippen LogP contribution in [0.4, 0.5) is 26.3 Å². The van der Waals surface area contributed by atoms with E-state index in [2.05, 4.69) is 9.72 Å². The molecule has 2 rings (SSSR count). The van der Waals surface area contributed by atoms with Crippen molar-refractivity contribution in [2.45, 2.75) is 12.5 Å². The third-order valence-electron chi connectivity index (χ3n) is 2.77. The van der Waals surface area contributed by atoms with E-state index in [4.69, 9.17) is 4.74 Å². The van der Waals surface area contributed by atoms with Gasteiger partial charge in [0.15, 0.2) is 0 Å². The van der Waals surface area contributed by atoms with Gasteiger partial charge in [0.25, 0.3) is 0 Å². The van der Waals surface area contributed by atoms with Crippen LogP contribution < -0.4 is 9.47 Å². The highest BCUT2D eigenvalue weighted by atomic mass is 19.4. The molecule has 9 heteroatoms. The van der Waals surface area contributed by atoms with E-state index >= 15 is 0 Å². The first-order valence-electron chi connectivity index (χ1n) is 6.07. The zero-order chi connectivity index (χ0) is 17.3. The first-order valence-corrected chi connectivity index (χ1v) is 6.07. The summed E-state index contributed by atoms with van der Waals surface area (Å²) in [5.74, 6) is -0.728. The third kappa shape index (κ3) is 4.27. The summed E-state index contributed by atoms with van der Waals surface area (Å²) in [5, 5.41) is 0. The highest BCUT2D eigenvalue weighted by Gasteiger charge is 2.35. The maximum absolute atomic E-state index is 13.0. The second-order valence-corrected chi connectivity index (χ2v) is 4.35. The van der Waals surface area contributed by atoms with Crippen molar-refractivity contribution in [3.63, 3.8) is 0 Å². The molecule has 0 fully saturated rings. The van der Waals surface area contributed by atoms with E-state index in [-0.39, 0.29) is 17.0 Å². The zero-order valence-electron chi connectivity index (χ0n) is 11.5. The number of benzene rings is 1. The number of rotatable bonds is 3. The lowest BCUT2D eigenvalue weighted by Gasteiger charge is -2.15. The van der Waals surface area contributed by atoms with Gasteiger partial charge in [0.05, 0.1) is 12.7 Å². The van der Waals surface area contributed by atoms with Crippen molar-refractivity contribution >= 4 is 0 Å². The molecule has 1 heterocycles. The van der Waals surface area contributed by atoms with Crippen molar-refractivity contribution in [1.82, 2.24) is 4.98 Å². The number of ether oxygens (including phenoxy) is 2. The molecule has 124 valence electrons. The fourth-order valence-corrected chi connectivity index (χ4v) is 1.87. The minimum absolute atomic E-state index is 0.102. The Balaban J connectivity index is 2.54. The van der Waals surface area contributed by atoms with Crippen LogP contribution in [0.1, 0.15) is 5.56 Å². The molecule has 0 saturated heterocycles. The lowest BCUT2D eigenvalue weighted by atomic mass is 10.0. The number of halogens is 6. The largest absolute Gasteiger partial charge is 0.573 e. The minimum Gasteiger partial charge on any atom is -0.481 e. The fraction of sp³-hybridized carbons (Fsp3) is 0.214. The summed E-state index contributed by atoms with van der Waals surface area (Å²) in [4.78, 5) is 3.48. The molecule has 1 aromatic carbocycles. The molecule has 0 atom stereocenters. The van der Waals surface area contributed by atoms with Gasteiger partial charge in [-0.1, -0.05) is 12.1 Å². The highest BCUT2D eigenvalue weighted by molar-refractivity contribution is 5.70. The summed E-state index contributed by atoms with van der Waals surface area (Å²) in [6, 6.07) is 5.23. The first kappa shape index (κ1) is 16.9. The molecule has 3 nitrogen and oxygen atoms in total. The van der Waals surface area contributed by atoms with Crippen LogP contribution in [0.5, 0.6) is 11.6 Å². The number of aromatic nitrogens is 1. The molecule has 23 heavy (non-hydrogen) atoms. The van der Waals surface area contributed by atoms with Crippen LogP contribution in [0.3, 0.4) is 0 Å². The van der Waals surface area contributed by atoms with Crippen LogP contribution in [-0.4, -0.2) is 18.5 Å². The normalized spacial score (nSPS) is 12.1. The summed E-state index contributed by atoms with van der Waals surface area (Å²) in [5.41, 5.74) is -1.57. The van der Waals surface area contributed by atoms with Crippen molar-refractivity contribution in [1.29, 1.82) is 0 Å². The average molecular weight is 337 g/mol. The maximum atomic E-state index is 13.0. The summed E-state index contributed by atoms with van der Waals surface area (Å²) in [7, 11) is 1.21. The van der Waals surface area contributed by atoms with Gasteiger partial charge >= 0.3 is 12.5 Å². The predicted octanol–water partition coefficient (Wildman–Crippen LogP) is 4.67. The Hall–Kier alpha value is -2.45. The lowest BCUT2D eigenvalue weighted by molar-refractivity contribution is -0.274. The molecule has 1 aromatic heterocycles. The van der Waals surface area contributed by atoms with Crippen molar-refractivity contribution < 1.29 is 35.8 Å². The number of nitrogens with zero attached hydrogens (tertiary/aromatic N) is 1. The number of pyridine rings is 1. The Morgan fingerprint density at radius 2 is 1.70 bits per heavy atom. The Bertz CT molecular complexity index is 696. The fourth-order valence-electron chi connectivity index (χ4n) is 1.87. The van der Waals surface area contributed by atoms with Crippen LogP contribution >= 0.6 is 0 Å². The van der Waals surface area contributed by atoms with E-state index in [9.17, 15) is 26.3 Å². The Morgan fingerprint density at radius 3 is 2.26 bits per heavy atom. The van der Waals surface area contributed by atoms with Gasteiger partial charge in [-0.15, -0.1) is 13.2 Å². The van der Waals surface area contributed by atoms with Crippen LogP contribution in [-0.2, 0) is 6.18 Å². The van der Waals surface area contributed by atoms with E-state index in [1.807, 2.05) is 0 Å². The van der Waals surface area contributed by atoms with E-state index < -0.39 is 23.9 Å². The monoisotopic (exact) mass is 337 g/mol. The minimum atomic E-state index is -4.94. The van der Waals surface area contributed by atoms with Crippen LogP contribution in [0, 0.1) is 0 Å². The Morgan fingerprint density at radius 1 is 1.00 bits per heavy atom. The summed E-state index contributed by atoms with van der Waals surface area (Å²) >= 11 is 0. The molecule has 0 N–H and O–H groups in total.